The van der Waals surface area contributed by atoms with Gasteiger partial charge in [0.25, 0.3) is 0 Å². The minimum absolute atomic E-state index is 0. The zero-order chi connectivity index (χ0) is 17.5. The average Bonchev–Trinajstić information content (AvgIpc) is 2.76. The van der Waals surface area contributed by atoms with Gasteiger partial charge in [-0.05, 0) is 52.4 Å². The van der Waals surface area contributed by atoms with Crippen molar-refractivity contribution < 1.29 is 4.52 Å². The largest absolute Gasteiger partial charge is 0.361 e. The van der Waals surface area contributed by atoms with E-state index in [0.717, 1.165) is 43.3 Å². The lowest BCUT2D eigenvalue weighted by Crippen LogP contribution is -2.42. The summed E-state index contributed by atoms with van der Waals surface area (Å²) in [4.78, 5) is 4.68. The van der Waals surface area contributed by atoms with E-state index >= 15 is 0 Å². The Morgan fingerprint density at radius 3 is 2.46 bits per heavy atom. The lowest BCUT2D eigenvalue weighted by atomic mass is 9.89. The van der Waals surface area contributed by atoms with Gasteiger partial charge in [0.05, 0.1) is 5.69 Å². The molecule has 1 unspecified atom stereocenters. The fraction of sp³-hybridized carbons (Fsp3) is 0.778. The number of hydrogen-bond donors (Lipinski definition) is 2. The molecule has 0 amide bonds. The van der Waals surface area contributed by atoms with E-state index in [2.05, 4.69) is 55.4 Å². The van der Waals surface area contributed by atoms with Gasteiger partial charge in [-0.15, -0.1) is 24.0 Å². The molecule has 5 nitrogen and oxygen atoms in total. The number of hydrogen-bond acceptors (Lipinski definition) is 3. The Hall–Kier alpha value is -0.790. The van der Waals surface area contributed by atoms with Crippen LogP contribution in [0.15, 0.2) is 9.52 Å². The van der Waals surface area contributed by atoms with Gasteiger partial charge in [0.1, 0.15) is 5.76 Å². The summed E-state index contributed by atoms with van der Waals surface area (Å²) < 4.78 is 5.20. The van der Waals surface area contributed by atoms with Crippen molar-refractivity contribution in [1.29, 1.82) is 0 Å². The molecule has 0 radical (unpaired) electrons. The Kier molecular flexibility index (Phi) is 10.6. The third kappa shape index (κ3) is 8.89. The molecule has 0 aromatic carbocycles. The molecule has 6 heteroatoms. The van der Waals surface area contributed by atoms with Gasteiger partial charge in [0.2, 0.25) is 0 Å². The van der Waals surface area contributed by atoms with Gasteiger partial charge >= 0.3 is 0 Å². The highest BCUT2D eigenvalue weighted by Gasteiger charge is 2.13. The molecule has 1 atom stereocenters. The smallest absolute Gasteiger partial charge is 0.191 e. The number of rotatable bonds is 7. The molecule has 0 spiro atoms. The van der Waals surface area contributed by atoms with Crippen LogP contribution in [0.4, 0.5) is 0 Å². The highest BCUT2D eigenvalue weighted by atomic mass is 127. The lowest BCUT2D eigenvalue weighted by Gasteiger charge is -2.23. The fourth-order valence-corrected chi connectivity index (χ4v) is 2.41. The van der Waals surface area contributed by atoms with E-state index in [1.54, 1.807) is 0 Å². The van der Waals surface area contributed by atoms with Crippen molar-refractivity contribution in [3.8, 4) is 0 Å². The van der Waals surface area contributed by atoms with Crippen LogP contribution in [-0.2, 0) is 6.42 Å². The Bertz CT molecular complexity index is 486. The third-order valence-electron chi connectivity index (χ3n) is 3.87. The SMILES string of the molecule is CCNC(=NCCc1c(C)noc1C)NC(C)CCC(C)(C)C.I. The Balaban J connectivity index is 0.00000529. The van der Waals surface area contributed by atoms with Gasteiger partial charge in [-0.25, -0.2) is 0 Å². The molecule has 1 rings (SSSR count). The summed E-state index contributed by atoms with van der Waals surface area (Å²) in [5.74, 6) is 1.79. The van der Waals surface area contributed by atoms with Gasteiger partial charge in [0.15, 0.2) is 5.96 Å². The van der Waals surface area contributed by atoms with Crippen LogP contribution >= 0.6 is 24.0 Å². The fourth-order valence-electron chi connectivity index (χ4n) is 2.41. The van der Waals surface area contributed by atoms with Crippen molar-refractivity contribution >= 4 is 29.9 Å². The minimum atomic E-state index is 0. The topological polar surface area (TPSA) is 62.5 Å². The van der Waals surface area contributed by atoms with Crippen molar-refractivity contribution in [2.24, 2.45) is 10.4 Å². The van der Waals surface area contributed by atoms with Crippen molar-refractivity contribution in [2.75, 3.05) is 13.1 Å². The van der Waals surface area contributed by atoms with Crippen LogP contribution in [0, 0.1) is 19.3 Å². The van der Waals surface area contributed by atoms with Crippen molar-refractivity contribution in [1.82, 2.24) is 15.8 Å². The summed E-state index contributed by atoms with van der Waals surface area (Å²) in [7, 11) is 0. The Morgan fingerprint density at radius 2 is 1.96 bits per heavy atom. The predicted octanol–water partition coefficient (Wildman–Crippen LogP) is 4.22. The summed E-state index contributed by atoms with van der Waals surface area (Å²) in [5.41, 5.74) is 2.51. The van der Waals surface area contributed by atoms with Crippen LogP contribution in [0.1, 0.15) is 64.5 Å². The molecule has 0 saturated carbocycles. The predicted molar refractivity (Wildman–Crippen MR) is 112 cm³/mol. The number of nitrogens with zero attached hydrogens (tertiary/aromatic N) is 2. The van der Waals surface area contributed by atoms with E-state index in [0.29, 0.717) is 11.5 Å². The summed E-state index contributed by atoms with van der Waals surface area (Å²) in [5, 5.41) is 10.8. The maximum absolute atomic E-state index is 5.20. The zero-order valence-electron chi connectivity index (χ0n) is 16.3. The van der Waals surface area contributed by atoms with Crippen molar-refractivity contribution in [3.63, 3.8) is 0 Å². The van der Waals surface area contributed by atoms with Crippen molar-refractivity contribution in [2.45, 2.75) is 73.8 Å². The standard InChI is InChI=1S/C18H34N4O.HI/c1-8-19-17(21-13(2)9-11-18(5,6)7)20-12-10-16-14(3)22-23-15(16)4;/h13H,8-12H2,1-7H3,(H2,19,20,21);1H. The molecule has 2 N–H and O–H groups in total. The average molecular weight is 450 g/mol. The number of aromatic nitrogens is 1. The first-order chi connectivity index (χ1) is 10.7. The van der Waals surface area contributed by atoms with Crippen LogP contribution in [0.5, 0.6) is 0 Å². The highest BCUT2D eigenvalue weighted by molar-refractivity contribution is 14.0. The molecular weight excluding hydrogens is 415 g/mol. The second-order valence-corrected chi connectivity index (χ2v) is 7.46. The van der Waals surface area contributed by atoms with E-state index in [1.807, 2.05) is 13.8 Å². The first-order valence-electron chi connectivity index (χ1n) is 8.69. The summed E-state index contributed by atoms with van der Waals surface area (Å²) in [6.45, 7) is 16.7. The number of aryl methyl sites for hydroxylation is 2. The lowest BCUT2D eigenvalue weighted by molar-refractivity contribution is 0.346. The van der Waals surface area contributed by atoms with E-state index in [9.17, 15) is 0 Å². The zero-order valence-corrected chi connectivity index (χ0v) is 18.7. The molecular formula is C18H35IN4O. The first-order valence-corrected chi connectivity index (χ1v) is 8.69. The minimum Gasteiger partial charge on any atom is -0.361 e. The molecule has 1 aromatic heterocycles. The van der Waals surface area contributed by atoms with Gasteiger partial charge in [0, 0.05) is 24.7 Å². The molecule has 0 aliphatic rings. The second-order valence-electron chi connectivity index (χ2n) is 7.46. The van der Waals surface area contributed by atoms with Crippen LogP contribution in [0.3, 0.4) is 0 Å². The second kappa shape index (κ2) is 10.9. The molecule has 1 heterocycles. The van der Waals surface area contributed by atoms with Gasteiger partial charge in [-0.2, -0.15) is 0 Å². The summed E-state index contributed by atoms with van der Waals surface area (Å²) in [6.07, 6.45) is 3.19. The van der Waals surface area contributed by atoms with Gasteiger partial charge in [-0.1, -0.05) is 25.9 Å². The maximum Gasteiger partial charge on any atom is 0.191 e. The van der Waals surface area contributed by atoms with Crippen LogP contribution in [0.2, 0.25) is 0 Å². The first kappa shape index (κ1) is 23.2. The monoisotopic (exact) mass is 450 g/mol. The van der Waals surface area contributed by atoms with E-state index in [1.165, 1.54) is 12.0 Å². The van der Waals surface area contributed by atoms with Crippen LogP contribution in [0.25, 0.3) is 0 Å². The van der Waals surface area contributed by atoms with Crippen LogP contribution < -0.4 is 10.6 Å². The number of nitrogens with one attached hydrogen (secondary N) is 2. The molecule has 0 saturated heterocycles. The van der Waals surface area contributed by atoms with Gasteiger partial charge in [-0.3, -0.25) is 4.99 Å². The van der Waals surface area contributed by atoms with E-state index in [-0.39, 0.29) is 24.0 Å². The normalized spacial score (nSPS) is 13.4. The van der Waals surface area contributed by atoms with E-state index in [4.69, 9.17) is 4.52 Å². The highest BCUT2D eigenvalue weighted by Crippen LogP contribution is 2.21. The Labute approximate surface area is 164 Å². The molecule has 24 heavy (non-hydrogen) atoms. The molecule has 1 aromatic rings. The molecule has 0 aliphatic heterocycles. The molecule has 140 valence electrons. The third-order valence-corrected chi connectivity index (χ3v) is 3.87. The summed E-state index contributed by atoms with van der Waals surface area (Å²) in [6, 6.07) is 0.408. The molecule has 0 bridgehead atoms. The quantitative estimate of drug-likeness (QED) is 0.371. The number of halogens is 1. The Morgan fingerprint density at radius 1 is 1.29 bits per heavy atom. The van der Waals surface area contributed by atoms with Gasteiger partial charge < -0.3 is 15.2 Å². The van der Waals surface area contributed by atoms with E-state index < -0.39 is 0 Å². The molecule has 0 fully saturated rings. The molecule has 0 aliphatic carbocycles. The number of aliphatic imine (C=N–C) groups is 1. The van der Waals surface area contributed by atoms with Crippen LogP contribution in [-0.4, -0.2) is 30.2 Å². The maximum atomic E-state index is 5.20. The number of guanidine groups is 1. The van der Waals surface area contributed by atoms with Crippen molar-refractivity contribution in [3.05, 3.63) is 17.0 Å². The summed E-state index contributed by atoms with van der Waals surface area (Å²) >= 11 is 0.